The number of likely N-dealkylation sites (tertiary alicyclic amines) is 1. The van der Waals surface area contributed by atoms with Crippen molar-refractivity contribution in [1.29, 1.82) is 0 Å². The lowest BCUT2D eigenvalue weighted by molar-refractivity contribution is 0.0349. The van der Waals surface area contributed by atoms with Crippen LogP contribution in [0.4, 0.5) is 0 Å². The van der Waals surface area contributed by atoms with Crippen LogP contribution < -0.4 is 0 Å². The fourth-order valence-electron chi connectivity index (χ4n) is 4.42. The van der Waals surface area contributed by atoms with Crippen molar-refractivity contribution >= 4 is 0 Å². The first kappa shape index (κ1) is 14.9. The summed E-state index contributed by atoms with van der Waals surface area (Å²) in [4.78, 5) is 11.2. The molecule has 6 heteroatoms. The van der Waals surface area contributed by atoms with E-state index in [-0.39, 0.29) is 12.1 Å². The molecule has 2 aromatic heterocycles. The molecule has 1 saturated carbocycles. The van der Waals surface area contributed by atoms with Crippen LogP contribution in [0.3, 0.4) is 0 Å². The van der Waals surface area contributed by atoms with E-state index in [4.69, 9.17) is 0 Å². The Kier molecular flexibility index (Phi) is 3.73. The summed E-state index contributed by atoms with van der Waals surface area (Å²) < 4.78 is 4.25. The van der Waals surface area contributed by atoms with E-state index in [9.17, 15) is 5.11 Å². The van der Waals surface area contributed by atoms with Gasteiger partial charge < -0.3 is 14.2 Å². The van der Waals surface area contributed by atoms with Crippen molar-refractivity contribution in [2.24, 2.45) is 18.9 Å². The van der Waals surface area contributed by atoms with Gasteiger partial charge >= 0.3 is 0 Å². The van der Waals surface area contributed by atoms with Crippen LogP contribution >= 0.6 is 0 Å². The van der Waals surface area contributed by atoms with Gasteiger partial charge in [0.25, 0.3) is 0 Å². The van der Waals surface area contributed by atoms with Crippen molar-refractivity contribution in [3.63, 3.8) is 0 Å². The third-order valence-corrected chi connectivity index (χ3v) is 5.69. The highest BCUT2D eigenvalue weighted by atomic mass is 16.3. The Morgan fingerprint density at radius 2 is 1.87 bits per heavy atom. The van der Waals surface area contributed by atoms with Crippen LogP contribution in [-0.4, -0.2) is 48.3 Å². The van der Waals surface area contributed by atoms with Crippen molar-refractivity contribution in [2.75, 3.05) is 13.1 Å². The maximum absolute atomic E-state index is 10.6. The normalized spacial score (nSPS) is 31.4. The molecular formula is C17H25N5O. The second kappa shape index (κ2) is 5.76. The highest BCUT2D eigenvalue weighted by Crippen LogP contribution is 2.41. The van der Waals surface area contributed by atoms with E-state index in [0.29, 0.717) is 11.8 Å². The molecule has 0 unspecified atom stereocenters. The lowest BCUT2D eigenvalue weighted by Gasteiger charge is -2.36. The van der Waals surface area contributed by atoms with Crippen LogP contribution in [0.15, 0.2) is 24.8 Å². The molecule has 6 nitrogen and oxygen atoms in total. The number of aliphatic hydroxyl groups is 1. The number of aliphatic hydroxyl groups excluding tert-OH is 1. The zero-order valence-corrected chi connectivity index (χ0v) is 13.8. The number of imidazole rings is 2. The molecule has 0 bridgehead atoms. The van der Waals surface area contributed by atoms with Crippen LogP contribution in [0.1, 0.15) is 30.5 Å². The second-order valence-electron chi connectivity index (χ2n) is 7.16. The van der Waals surface area contributed by atoms with Gasteiger partial charge in [0.1, 0.15) is 11.6 Å². The van der Waals surface area contributed by atoms with Gasteiger partial charge in [-0.25, -0.2) is 9.97 Å². The van der Waals surface area contributed by atoms with Gasteiger partial charge in [0, 0.05) is 44.9 Å². The average Bonchev–Trinajstić information content (AvgIpc) is 3.20. The fraction of sp³-hybridized carbons (Fsp3) is 0.647. The summed E-state index contributed by atoms with van der Waals surface area (Å²) in [6.07, 6.45) is 9.36. The first-order valence-electron chi connectivity index (χ1n) is 8.48. The number of rotatable bonds is 3. The van der Waals surface area contributed by atoms with Crippen LogP contribution in [0.5, 0.6) is 0 Å². The van der Waals surface area contributed by atoms with Crippen LogP contribution in [0.2, 0.25) is 0 Å². The number of aryl methyl sites for hydroxylation is 2. The SMILES string of the molecule is Cc1nccn1[C@H]1C[C@H]2CN(Cc3nccn3C)C[C@H]2C[C@@H]1O. The number of nitrogens with zero attached hydrogens (tertiary/aromatic N) is 5. The Morgan fingerprint density at radius 3 is 2.52 bits per heavy atom. The molecule has 2 fully saturated rings. The van der Waals surface area contributed by atoms with Gasteiger partial charge in [-0.15, -0.1) is 0 Å². The quantitative estimate of drug-likeness (QED) is 0.929. The third-order valence-electron chi connectivity index (χ3n) is 5.69. The predicted octanol–water partition coefficient (Wildman–Crippen LogP) is 1.37. The molecule has 124 valence electrons. The zero-order chi connectivity index (χ0) is 16.0. The van der Waals surface area contributed by atoms with Gasteiger partial charge in [-0.1, -0.05) is 0 Å². The molecule has 2 aromatic rings. The number of hydrogen-bond acceptors (Lipinski definition) is 4. The zero-order valence-electron chi connectivity index (χ0n) is 13.8. The summed E-state index contributed by atoms with van der Waals surface area (Å²) in [6, 6.07) is 0.173. The number of fused-ring (bicyclic) bond motifs is 1. The lowest BCUT2D eigenvalue weighted by Crippen LogP contribution is -2.36. The largest absolute Gasteiger partial charge is 0.391 e. The summed E-state index contributed by atoms with van der Waals surface area (Å²) in [5, 5.41) is 10.6. The molecular weight excluding hydrogens is 290 g/mol. The molecule has 0 amide bonds. The summed E-state index contributed by atoms with van der Waals surface area (Å²) in [5.74, 6) is 3.37. The van der Waals surface area contributed by atoms with Gasteiger partial charge in [-0.05, 0) is 31.6 Å². The average molecular weight is 315 g/mol. The molecule has 1 aliphatic carbocycles. The third kappa shape index (κ3) is 2.70. The smallest absolute Gasteiger partial charge is 0.122 e. The minimum atomic E-state index is -0.266. The Bertz CT molecular complexity index is 678. The molecule has 1 aliphatic heterocycles. The minimum absolute atomic E-state index is 0.173. The molecule has 2 aliphatic rings. The van der Waals surface area contributed by atoms with E-state index in [0.717, 1.165) is 44.1 Å². The Morgan fingerprint density at radius 1 is 1.13 bits per heavy atom. The molecule has 0 aromatic carbocycles. The van der Waals surface area contributed by atoms with Gasteiger partial charge in [0.2, 0.25) is 0 Å². The number of hydrogen-bond donors (Lipinski definition) is 1. The van der Waals surface area contributed by atoms with Crippen molar-refractivity contribution < 1.29 is 5.11 Å². The lowest BCUT2D eigenvalue weighted by atomic mass is 9.77. The summed E-state index contributed by atoms with van der Waals surface area (Å²) in [7, 11) is 2.05. The van der Waals surface area contributed by atoms with E-state index in [2.05, 4.69) is 24.0 Å². The second-order valence-corrected chi connectivity index (χ2v) is 7.16. The summed E-state index contributed by atoms with van der Waals surface area (Å²) in [5.41, 5.74) is 0. The Balaban J connectivity index is 1.46. The summed E-state index contributed by atoms with van der Waals surface area (Å²) >= 11 is 0. The Hall–Kier alpha value is -1.66. The van der Waals surface area contributed by atoms with Crippen LogP contribution in [-0.2, 0) is 13.6 Å². The van der Waals surface area contributed by atoms with Crippen LogP contribution in [0, 0.1) is 18.8 Å². The molecule has 0 radical (unpaired) electrons. The van der Waals surface area contributed by atoms with Crippen molar-refractivity contribution in [2.45, 2.75) is 38.5 Å². The fourth-order valence-corrected chi connectivity index (χ4v) is 4.42. The first-order valence-corrected chi connectivity index (χ1v) is 8.48. The van der Waals surface area contributed by atoms with Crippen molar-refractivity contribution in [3.8, 4) is 0 Å². The molecule has 0 spiro atoms. The molecule has 1 N–H and O–H groups in total. The molecule has 23 heavy (non-hydrogen) atoms. The minimum Gasteiger partial charge on any atom is -0.391 e. The maximum Gasteiger partial charge on any atom is 0.122 e. The molecule has 4 rings (SSSR count). The van der Waals surface area contributed by atoms with Crippen molar-refractivity contribution in [1.82, 2.24) is 24.0 Å². The van der Waals surface area contributed by atoms with Gasteiger partial charge in [0.05, 0.1) is 18.7 Å². The van der Waals surface area contributed by atoms with Crippen LogP contribution in [0.25, 0.3) is 0 Å². The van der Waals surface area contributed by atoms with E-state index >= 15 is 0 Å². The molecule has 3 heterocycles. The van der Waals surface area contributed by atoms with E-state index in [1.165, 1.54) is 0 Å². The number of aromatic nitrogens is 4. The maximum atomic E-state index is 10.6. The highest BCUT2D eigenvalue weighted by Gasteiger charge is 2.42. The van der Waals surface area contributed by atoms with E-state index < -0.39 is 0 Å². The summed E-state index contributed by atoms with van der Waals surface area (Å²) in [6.45, 7) is 5.10. The molecule has 4 atom stereocenters. The van der Waals surface area contributed by atoms with Gasteiger partial charge in [-0.3, -0.25) is 4.90 Å². The monoisotopic (exact) mass is 315 g/mol. The van der Waals surface area contributed by atoms with E-state index in [1.54, 1.807) is 0 Å². The van der Waals surface area contributed by atoms with Gasteiger partial charge in [0.15, 0.2) is 0 Å². The van der Waals surface area contributed by atoms with Crippen molar-refractivity contribution in [3.05, 3.63) is 36.4 Å². The topological polar surface area (TPSA) is 59.1 Å². The predicted molar refractivity (Wildman–Crippen MR) is 86.7 cm³/mol. The standard InChI is InChI=1S/C17H25N5O/c1-12-18-4-6-22(12)15-7-13-9-21(10-14(13)8-16(15)23)11-17-19-3-5-20(17)2/h3-6,13-16,23H,7-11H2,1-2H3/t13-,14+,15-,16-/m0/s1. The van der Waals surface area contributed by atoms with E-state index in [1.807, 2.05) is 38.8 Å². The van der Waals surface area contributed by atoms with Gasteiger partial charge in [-0.2, -0.15) is 0 Å². The highest BCUT2D eigenvalue weighted by molar-refractivity contribution is 5.01. The Labute approximate surface area is 136 Å². The first-order chi connectivity index (χ1) is 11.1. The molecule has 1 saturated heterocycles.